The van der Waals surface area contributed by atoms with Crippen LogP contribution in [0.1, 0.15) is 66.5 Å². The van der Waals surface area contributed by atoms with Gasteiger partial charge in [-0.1, -0.05) is 84.9 Å². The zero-order valence-electron chi connectivity index (χ0n) is 28.5. The fourth-order valence-electron chi connectivity index (χ4n) is 5.24. The smallest absolute Gasteiger partial charge is 0.264 e. The Morgan fingerprint density at radius 1 is 0.956 bits per heavy atom. The van der Waals surface area contributed by atoms with Crippen molar-refractivity contribution >= 4 is 33.4 Å². The number of nitrogen functional groups attached to an aromatic ring is 1. The van der Waals surface area contributed by atoms with Gasteiger partial charge in [-0.05, 0) is 61.6 Å². The van der Waals surface area contributed by atoms with Gasteiger partial charge in [-0.25, -0.2) is 13.1 Å². The van der Waals surface area contributed by atoms with Gasteiger partial charge in [0.2, 0.25) is 11.8 Å². The third-order valence-corrected chi connectivity index (χ3v) is 9.55. The van der Waals surface area contributed by atoms with Crippen LogP contribution in [0, 0.1) is 18.3 Å². The predicted molar refractivity (Wildman–Crippen MR) is 180 cm³/mol. The lowest BCUT2D eigenvalue weighted by Crippen LogP contribution is -2.61. The zero-order valence-corrected chi connectivity index (χ0v) is 29.3. The van der Waals surface area contributed by atoms with Crippen molar-refractivity contribution < 1.29 is 22.8 Å². The second-order valence-electron chi connectivity index (χ2n) is 13.6. The molecule has 2 aromatic carbocycles. The van der Waals surface area contributed by atoms with Crippen molar-refractivity contribution in [2.45, 2.75) is 90.7 Å². The maximum atomic E-state index is 14.1. The van der Waals surface area contributed by atoms with Crippen LogP contribution in [0.4, 0.5) is 5.69 Å². The van der Waals surface area contributed by atoms with E-state index in [2.05, 4.69) is 15.4 Å². The van der Waals surface area contributed by atoms with Crippen LogP contribution in [0.15, 0.2) is 65.1 Å². The van der Waals surface area contributed by atoms with Crippen LogP contribution in [0.5, 0.6) is 0 Å². The van der Waals surface area contributed by atoms with Crippen molar-refractivity contribution in [1.29, 1.82) is 0 Å². The third kappa shape index (κ3) is 9.17. The Labute approximate surface area is 269 Å². The number of likely N-dealkylation sites (N-methyl/N-ethyl adjacent to an activating group) is 2. The van der Waals surface area contributed by atoms with Gasteiger partial charge in [0.25, 0.3) is 15.9 Å². The minimum absolute atomic E-state index is 0.0814. The monoisotopic (exact) mass is 641 g/mol. The van der Waals surface area contributed by atoms with Gasteiger partial charge in [-0.3, -0.25) is 14.4 Å². The molecule has 45 heavy (non-hydrogen) atoms. The van der Waals surface area contributed by atoms with Crippen LogP contribution in [0.3, 0.4) is 0 Å². The van der Waals surface area contributed by atoms with Gasteiger partial charge in [0.05, 0.1) is 17.0 Å². The number of rotatable bonds is 12. The van der Waals surface area contributed by atoms with E-state index in [1.54, 1.807) is 27.1 Å². The molecule has 2 rings (SSSR count). The number of nitrogens with two attached hydrogens (primary N) is 1. The highest BCUT2D eigenvalue weighted by Crippen LogP contribution is 2.29. The number of benzene rings is 2. The summed E-state index contributed by atoms with van der Waals surface area (Å²) in [7, 11) is -0.814. The molecule has 0 aliphatic heterocycles. The Kier molecular flexibility index (Phi) is 12.2. The molecule has 248 valence electrons. The quantitative estimate of drug-likeness (QED) is 0.203. The van der Waals surface area contributed by atoms with Gasteiger partial charge < -0.3 is 21.3 Å². The van der Waals surface area contributed by atoms with E-state index < -0.39 is 44.9 Å². The first-order valence-corrected chi connectivity index (χ1v) is 16.5. The number of carbonyl (C=O) groups excluding carboxylic acids is 3. The number of hydrogen-bond acceptors (Lipinski definition) is 7. The van der Waals surface area contributed by atoms with E-state index in [0.717, 1.165) is 5.56 Å². The normalized spacial score (nSPS) is 14.8. The standard InChI is InChI=1S/C34H51N5O5S/c1-21(2)27(20-23(4)30(40)38-45(43,44)25-17-18-26(35)22(3)19-25)39(11)32(42)29(33(5,6)7)37-31(41)28(36-10)34(8,9)24-15-13-12-14-16-24/h12-21,27-29,36H,35H2,1-11H3,(H,37,41)(H,38,40). The number of nitrogens with one attached hydrogen (secondary N) is 3. The van der Waals surface area contributed by atoms with Crippen molar-refractivity contribution in [3.63, 3.8) is 0 Å². The Bertz CT molecular complexity index is 1510. The lowest BCUT2D eigenvalue weighted by Gasteiger charge is -2.40. The van der Waals surface area contributed by atoms with E-state index in [1.165, 1.54) is 30.0 Å². The summed E-state index contributed by atoms with van der Waals surface area (Å²) in [6, 6.07) is 11.8. The van der Waals surface area contributed by atoms with Crippen LogP contribution < -0.4 is 21.1 Å². The average molecular weight is 642 g/mol. The lowest BCUT2D eigenvalue weighted by molar-refractivity contribution is -0.140. The van der Waals surface area contributed by atoms with Crippen LogP contribution in [0.2, 0.25) is 0 Å². The molecule has 0 bridgehead atoms. The van der Waals surface area contributed by atoms with Crippen molar-refractivity contribution in [1.82, 2.24) is 20.3 Å². The highest BCUT2D eigenvalue weighted by atomic mass is 32.2. The number of anilines is 1. The lowest BCUT2D eigenvalue weighted by atomic mass is 9.76. The number of aryl methyl sites for hydroxylation is 1. The summed E-state index contributed by atoms with van der Waals surface area (Å²) in [5, 5.41) is 6.15. The molecular weight excluding hydrogens is 590 g/mol. The van der Waals surface area contributed by atoms with Gasteiger partial charge in [-0.15, -0.1) is 0 Å². The first kappa shape index (κ1) is 37.5. The molecule has 0 aromatic heterocycles. The summed E-state index contributed by atoms with van der Waals surface area (Å²) in [5.74, 6) is -1.60. The van der Waals surface area contributed by atoms with E-state index >= 15 is 0 Å². The van der Waals surface area contributed by atoms with Crippen molar-refractivity contribution in [3.05, 3.63) is 71.3 Å². The van der Waals surface area contributed by atoms with Crippen LogP contribution >= 0.6 is 0 Å². The molecule has 0 heterocycles. The Balaban J connectivity index is 2.34. The minimum atomic E-state index is -4.16. The summed E-state index contributed by atoms with van der Waals surface area (Å²) < 4.78 is 27.9. The summed E-state index contributed by atoms with van der Waals surface area (Å²) in [4.78, 5) is 42.3. The van der Waals surface area contributed by atoms with Crippen LogP contribution in [-0.4, -0.2) is 63.3 Å². The first-order valence-electron chi connectivity index (χ1n) is 15.1. The molecule has 0 spiro atoms. The molecular formula is C34H51N5O5S. The molecule has 5 N–H and O–H groups in total. The van der Waals surface area contributed by atoms with Crippen molar-refractivity contribution in [3.8, 4) is 0 Å². The highest BCUT2D eigenvalue weighted by molar-refractivity contribution is 7.90. The predicted octanol–water partition coefficient (Wildman–Crippen LogP) is 3.91. The van der Waals surface area contributed by atoms with Gasteiger partial charge >= 0.3 is 0 Å². The average Bonchev–Trinajstić information content (AvgIpc) is 2.94. The molecule has 0 aliphatic rings. The Morgan fingerprint density at radius 2 is 1.53 bits per heavy atom. The molecule has 3 unspecified atom stereocenters. The second-order valence-corrected chi connectivity index (χ2v) is 15.3. The minimum Gasteiger partial charge on any atom is -0.399 e. The van der Waals surface area contributed by atoms with E-state index in [9.17, 15) is 22.8 Å². The molecule has 10 nitrogen and oxygen atoms in total. The van der Waals surface area contributed by atoms with E-state index in [0.29, 0.717) is 11.3 Å². The SMILES string of the molecule is CNC(C(=O)NC(C(=O)N(C)C(C=C(C)C(=O)NS(=O)(=O)c1ccc(N)c(C)c1)C(C)C)C(C)(C)C)C(C)(C)c1ccccc1. The fourth-order valence-corrected chi connectivity index (χ4v) is 6.34. The topological polar surface area (TPSA) is 151 Å². The fraction of sp³-hybridized carbons (Fsp3) is 0.500. The van der Waals surface area contributed by atoms with Crippen LogP contribution in [0.25, 0.3) is 0 Å². The van der Waals surface area contributed by atoms with Crippen molar-refractivity contribution in [2.75, 3.05) is 19.8 Å². The number of nitrogens with zero attached hydrogens (tertiary/aromatic N) is 1. The number of hydrogen-bond donors (Lipinski definition) is 4. The number of sulfonamides is 1. The summed E-state index contributed by atoms with van der Waals surface area (Å²) >= 11 is 0. The zero-order chi connectivity index (χ0) is 34.5. The van der Waals surface area contributed by atoms with Gasteiger partial charge in [0.15, 0.2) is 0 Å². The molecule has 3 atom stereocenters. The van der Waals surface area contributed by atoms with E-state index in [1.807, 2.05) is 78.8 Å². The highest BCUT2D eigenvalue weighted by Gasteiger charge is 2.41. The Morgan fingerprint density at radius 3 is 2.02 bits per heavy atom. The number of carbonyl (C=O) groups is 3. The van der Waals surface area contributed by atoms with E-state index in [4.69, 9.17) is 5.73 Å². The van der Waals surface area contributed by atoms with Crippen LogP contribution in [-0.2, 0) is 29.8 Å². The molecule has 11 heteroatoms. The van der Waals surface area contributed by atoms with Gasteiger partial charge in [0.1, 0.15) is 6.04 Å². The molecule has 2 aromatic rings. The number of amides is 3. The Hall–Kier alpha value is -3.70. The first-order chi connectivity index (χ1) is 20.6. The van der Waals surface area contributed by atoms with Gasteiger partial charge in [-0.2, -0.15) is 0 Å². The molecule has 0 saturated carbocycles. The van der Waals surface area contributed by atoms with Gasteiger partial charge in [0, 0.05) is 23.7 Å². The molecule has 3 amide bonds. The summed E-state index contributed by atoms with van der Waals surface area (Å²) in [6.45, 7) is 16.6. The summed E-state index contributed by atoms with van der Waals surface area (Å²) in [6.07, 6.45) is 1.58. The maximum absolute atomic E-state index is 14.1. The van der Waals surface area contributed by atoms with Crippen molar-refractivity contribution in [2.24, 2.45) is 11.3 Å². The second kappa shape index (κ2) is 14.6. The maximum Gasteiger partial charge on any atom is 0.264 e. The molecule has 0 radical (unpaired) electrons. The van der Waals surface area contributed by atoms with E-state index in [-0.39, 0.29) is 28.2 Å². The summed E-state index contributed by atoms with van der Waals surface area (Å²) in [5.41, 5.74) is 6.68. The third-order valence-electron chi connectivity index (χ3n) is 8.23. The largest absolute Gasteiger partial charge is 0.399 e. The molecule has 0 saturated heterocycles. The molecule has 0 fully saturated rings. The molecule has 0 aliphatic carbocycles.